The summed E-state index contributed by atoms with van der Waals surface area (Å²) < 4.78 is 4.39. The molecule has 0 spiro atoms. The lowest BCUT2D eigenvalue weighted by Crippen LogP contribution is -2.48. The van der Waals surface area contributed by atoms with Gasteiger partial charge < -0.3 is 20.9 Å². The number of aliphatic carboxylic acids is 1. The standard InChI is InChI=1S/C11H18N2O5/c1-3-4-7(12)10(15)13-8(11(16)17)5-6-9(14)18-2/h3,7-8H,1,4-6,12H2,2H3,(H,13,15)(H,16,17)/t7?,8-/m1/s1. The first-order valence-corrected chi connectivity index (χ1v) is 5.38. The summed E-state index contributed by atoms with van der Waals surface area (Å²) in [6.07, 6.45) is 1.57. The Kier molecular flexibility index (Phi) is 7.37. The van der Waals surface area contributed by atoms with Gasteiger partial charge in [0, 0.05) is 6.42 Å². The first-order valence-electron chi connectivity index (χ1n) is 5.38. The molecule has 0 rings (SSSR count). The molecule has 0 aromatic rings. The molecule has 4 N–H and O–H groups in total. The third-order valence-corrected chi connectivity index (χ3v) is 2.24. The molecule has 0 heterocycles. The highest BCUT2D eigenvalue weighted by molar-refractivity contribution is 5.87. The van der Waals surface area contributed by atoms with Crippen molar-refractivity contribution in [1.29, 1.82) is 0 Å². The number of esters is 1. The molecule has 0 aliphatic rings. The van der Waals surface area contributed by atoms with Crippen molar-refractivity contribution in [3.8, 4) is 0 Å². The second kappa shape index (κ2) is 8.24. The van der Waals surface area contributed by atoms with Crippen molar-refractivity contribution in [2.75, 3.05) is 7.11 Å². The first-order chi connectivity index (χ1) is 8.42. The van der Waals surface area contributed by atoms with Crippen LogP contribution < -0.4 is 11.1 Å². The van der Waals surface area contributed by atoms with Gasteiger partial charge in [-0.2, -0.15) is 0 Å². The average molecular weight is 258 g/mol. The number of rotatable bonds is 8. The van der Waals surface area contributed by atoms with Crippen LogP contribution in [-0.2, 0) is 19.1 Å². The molecule has 18 heavy (non-hydrogen) atoms. The zero-order chi connectivity index (χ0) is 14.1. The van der Waals surface area contributed by atoms with Crippen LogP contribution in [0.15, 0.2) is 12.7 Å². The Balaban J connectivity index is 4.35. The minimum Gasteiger partial charge on any atom is -0.480 e. The van der Waals surface area contributed by atoms with Crippen molar-refractivity contribution in [2.45, 2.75) is 31.3 Å². The van der Waals surface area contributed by atoms with E-state index in [1.165, 1.54) is 13.2 Å². The fourth-order valence-corrected chi connectivity index (χ4v) is 1.19. The largest absolute Gasteiger partial charge is 0.480 e. The minimum atomic E-state index is -1.22. The first kappa shape index (κ1) is 16.1. The Bertz CT molecular complexity index is 329. The van der Waals surface area contributed by atoms with Crippen LogP contribution in [0.25, 0.3) is 0 Å². The predicted molar refractivity (Wildman–Crippen MR) is 63.6 cm³/mol. The number of carbonyl (C=O) groups is 3. The van der Waals surface area contributed by atoms with Crippen molar-refractivity contribution in [2.24, 2.45) is 5.73 Å². The van der Waals surface area contributed by atoms with E-state index in [-0.39, 0.29) is 19.3 Å². The lowest BCUT2D eigenvalue weighted by Gasteiger charge is -2.16. The molecule has 7 heteroatoms. The third kappa shape index (κ3) is 6.00. The van der Waals surface area contributed by atoms with Gasteiger partial charge >= 0.3 is 11.9 Å². The van der Waals surface area contributed by atoms with E-state index in [0.717, 1.165) is 0 Å². The highest BCUT2D eigenvalue weighted by atomic mass is 16.5. The van der Waals surface area contributed by atoms with Gasteiger partial charge in [-0.1, -0.05) is 6.08 Å². The summed E-state index contributed by atoms with van der Waals surface area (Å²) in [7, 11) is 1.21. The zero-order valence-corrected chi connectivity index (χ0v) is 10.2. The van der Waals surface area contributed by atoms with E-state index in [1.807, 2.05) is 0 Å². The molecule has 102 valence electrons. The molecule has 0 aromatic carbocycles. The summed E-state index contributed by atoms with van der Waals surface area (Å²) in [6, 6.07) is -2.00. The fourth-order valence-electron chi connectivity index (χ4n) is 1.19. The van der Waals surface area contributed by atoms with Crippen LogP contribution in [0.1, 0.15) is 19.3 Å². The molecule has 0 saturated carbocycles. The Morgan fingerprint density at radius 3 is 2.56 bits per heavy atom. The third-order valence-electron chi connectivity index (χ3n) is 2.24. The van der Waals surface area contributed by atoms with Crippen LogP contribution >= 0.6 is 0 Å². The van der Waals surface area contributed by atoms with Crippen molar-refractivity contribution in [3.63, 3.8) is 0 Å². The molecule has 0 aromatic heterocycles. The zero-order valence-electron chi connectivity index (χ0n) is 10.2. The number of ether oxygens (including phenoxy) is 1. The number of carbonyl (C=O) groups excluding carboxylic acids is 2. The van der Waals surface area contributed by atoms with Crippen LogP contribution in [0, 0.1) is 0 Å². The Morgan fingerprint density at radius 2 is 2.11 bits per heavy atom. The number of nitrogens with two attached hydrogens (primary N) is 1. The fraction of sp³-hybridized carbons (Fsp3) is 0.545. The molecule has 0 aliphatic carbocycles. The highest BCUT2D eigenvalue weighted by Crippen LogP contribution is 2.01. The van der Waals surface area contributed by atoms with Crippen LogP contribution in [0.2, 0.25) is 0 Å². The minimum absolute atomic E-state index is 0.0471. The van der Waals surface area contributed by atoms with Gasteiger partial charge in [0.2, 0.25) is 5.91 Å². The topological polar surface area (TPSA) is 119 Å². The number of hydrogen-bond donors (Lipinski definition) is 3. The maximum atomic E-state index is 11.5. The molecule has 7 nitrogen and oxygen atoms in total. The van der Waals surface area contributed by atoms with E-state index in [2.05, 4.69) is 16.6 Å². The summed E-state index contributed by atoms with van der Waals surface area (Å²) in [6.45, 7) is 3.43. The summed E-state index contributed by atoms with van der Waals surface area (Å²) in [5, 5.41) is 11.2. The number of carboxylic acids is 1. The second-order valence-corrected chi connectivity index (χ2v) is 3.65. The quantitative estimate of drug-likeness (QED) is 0.395. The predicted octanol–water partition coefficient (Wildman–Crippen LogP) is -0.588. The van der Waals surface area contributed by atoms with Crippen molar-refractivity contribution in [1.82, 2.24) is 5.32 Å². The van der Waals surface area contributed by atoms with E-state index in [4.69, 9.17) is 10.8 Å². The van der Waals surface area contributed by atoms with Crippen LogP contribution in [-0.4, -0.2) is 42.1 Å². The molecule has 1 amide bonds. The van der Waals surface area contributed by atoms with Crippen LogP contribution in [0.5, 0.6) is 0 Å². The highest BCUT2D eigenvalue weighted by Gasteiger charge is 2.23. The molecule has 0 radical (unpaired) electrons. The normalized spacial score (nSPS) is 13.2. The van der Waals surface area contributed by atoms with Gasteiger partial charge in [0.25, 0.3) is 0 Å². The second-order valence-electron chi connectivity index (χ2n) is 3.65. The summed E-state index contributed by atoms with van der Waals surface area (Å²) in [5.74, 6) is -2.35. The Morgan fingerprint density at radius 1 is 1.50 bits per heavy atom. The number of methoxy groups -OCH3 is 1. The molecule has 1 unspecified atom stereocenters. The maximum absolute atomic E-state index is 11.5. The van der Waals surface area contributed by atoms with E-state index >= 15 is 0 Å². The number of amides is 1. The monoisotopic (exact) mass is 258 g/mol. The molecule has 0 saturated heterocycles. The summed E-state index contributed by atoms with van der Waals surface area (Å²) in [5.41, 5.74) is 5.49. The van der Waals surface area contributed by atoms with Crippen LogP contribution in [0.4, 0.5) is 0 Å². The number of hydrogen-bond acceptors (Lipinski definition) is 5. The smallest absolute Gasteiger partial charge is 0.326 e. The Labute approximate surface area is 105 Å². The van der Waals surface area contributed by atoms with Gasteiger partial charge in [-0.05, 0) is 12.8 Å². The van der Waals surface area contributed by atoms with E-state index in [9.17, 15) is 14.4 Å². The van der Waals surface area contributed by atoms with Gasteiger partial charge in [0.05, 0.1) is 13.2 Å². The van der Waals surface area contributed by atoms with Crippen molar-refractivity contribution < 1.29 is 24.2 Å². The number of carboxylic acid groups (broad SMARTS) is 1. The van der Waals surface area contributed by atoms with Gasteiger partial charge in [-0.25, -0.2) is 4.79 Å². The van der Waals surface area contributed by atoms with Crippen molar-refractivity contribution in [3.05, 3.63) is 12.7 Å². The Hall–Kier alpha value is -1.89. The van der Waals surface area contributed by atoms with E-state index in [0.29, 0.717) is 0 Å². The molecule has 0 bridgehead atoms. The van der Waals surface area contributed by atoms with Gasteiger partial charge in [-0.3, -0.25) is 9.59 Å². The molecule has 0 fully saturated rings. The SMILES string of the molecule is C=CCC(N)C(=O)N[C@H](CCC(=O)OC)C(=O)O. The molecular weight excluding hydrogens is 240 g/mol. The van der Waals surface area contributed by atoms with E-state index < -0.39 is 29.9 Å². The average Bonchev–Trinajstić information content (AvgIpc) is 2.33. The maximum Gasteiger partial charge on any atom is 0.326 e. The molecule has 2 atom stereocenters. The molecule has 0 aliphatic heterocycles. The summed E-state index contributed by atoms with van der Waals surface area (Å²) in [4.78, 5) is 33.3. The van der Waals surface area contributed by atoms with E-state index in [1.54, 1.807) is 0 Å². The summed E-state index contributed by atoms with van der Waals surface area (Å²) >= 11 is 0. The lowest BCUT2D eigenvalue weighted by atomic mass is 10.1. The lowest BCUT2D eigenvalue weighted by molar-refractivity contribution is -0.144. The van der Waals surface area contributed by atoms with Crippen molar-refractivity contribution >= 4 is 17.8 Å². The molecular formula is C11H18N2O5. The van der Waals surface area contributed by atoms with Gasteiger partial charge in [-0.15, -0.1) is 6.58 Å². The van der Waals surface area contributed by atoms with Gasteiger partial charge in [0.1, 0.15) is 6.04 Å². The van der Waals surface area contributed by atoms with Crippen LogP contribution in [0.3, 0.4) is 0 Å². The van der Waals surface area contributed by atoms with Gasteiger partial charge in [0.15, 0.2) is 0 Å². The number of nitrogens with one attached hydrogen (secondary N) is 1.